The Morgan fingerprint density at radius 3 is 2.80 bits per heavy atom. The lowest BCUT2D eigenvalue weighted by Gasteiger charge is -2.19. The second-order valence-electron chi connectivity index (χ2n) is 5.66. The second kappa shape index (κ2) is 8.53. The molecule has 0 bridgehead atoms. The zero-order valence-corrected chi connectivity index (χ0v) is 14.9. The fraction of sp³-hybridized carbons (Fsp3) is 0.278. The quantitative estimate of drug-likeness (QED) is 0.497. The molecule has 0 unspecified atom stereocenters. The van der Waals surface area contributed by atoms with Crippen LogP contribution >= 0.6 is 11.8 Å². The van der Waals surface area contributed by atoms with E-state index >= 15 is 0 Å². The molecule has 1 amide bonds. The molecule has 0 aliphatic heterocycles. The number of anilines is 1. The van der Waals surface area contributed by atoms with Crippen LogP contribution in [0.15, 0.2) is 59.9 Å². The maximum absolute atomic E-state index is 12.0. The van der Waals surface area contributed by atoms with E-state index in [-0.39, 0.29) is 5.91 Å². The monoisotopic (exact) mass is 355 g/mol. The van der Waals surface area contributed by atoms with Crippen molar-refractivity contribution in [2.75, 3.05) is 30.8 Å². The summed E-state index contributed by atoms with van der Waals surface area (Å²) in [4.78, 5) is 14.2. The van der Waals surface area contributed by atoms with Gasteiger partial charge in [0.1, 0.15) is 0 Å². The van der Waals surface area contributed by atoms with Gasteiger partial charge in [0.05, 0.1) is 5.75 Å². The highest BCUT2D eigenvalue weighted by atomic mass is 32.2. The molecule has 0 aliphatic carbocycles. The number of carbonyl (C=O) groups excluding carboxylic acids is 1. The lowest BCUT2D eigenvalue weighted by Crippen LogP contribution is -2.29. The molecule has 0 saturated heterocycles. The molecule has 3 aromatic rings. The largest absolute Gasteiger partial charge is 0.375 e. The van der Waals surface area contributed by atoms with Crippen molar-refractivity contribution in [1.29, 1.82) is 0 Å². The van der Waals surface area contributed by atoms with Crippen molar-refractivity contribution in [2.24, 2.45) is 0 Å². The van der Waals surface area contributed by atoms with Gasteiger partial charge in [0.2, 0.25) is 5.91 Å². The Hall–Kier alpha value is -2.54. The van der Waals surface area contributed by atoms with Crippen molar-refractivity contribution < 1.29 is 4.79 Å². The first-order valence-corrected chi connectivity index (χ1v) is 9.18. The summed E-state index contributed by atoms with van der Waals surface area (Å²) in [5.74, 6) is 0.351. The van der Waals surface area contributed by atoms with E-state index < -0.39 is 0 Å². The van der Waals surface area contributed by atoms with Crippen LogP contribution in [-0.2, 0) is 4.79 Å². The van der Waals surface area contributed by atoms with Gasteiger partial charge in [-0.2, -0.15) is 0 Å². The van der Waals surface area contributed by atoms with Crippen LogP contribution in [0, 0.1) is 0 Å². The van der Waals surface area contributed by atoms with Crippen LogP contribution in [0.2, 0.25) is 0 Å². The SMILES string of the molecule is CN(CCCNC(=O)CSc1nnc2ccccn12)c1ccccc1. The summed E-state index contributed by atoms with van der Waals surface area (Å²) in [6, 6.07) is 15.9. The van der Waals surface area contributed by atoms with Crippen LogP contribution in [-0.4, -0.2) is 46.4 Å². The van der Waals surface area contributed by atoms with Crippen molar-refractivity contribution in [1.82, 2.24) is 19.9 Å². The number of hydrogen-bond acceptors (Lipinski definition) is 5. The predicted octanol–water partition coefficient (Wildman–Crippen LogP) is 2.46. The highest BCUT2D eigenvalue weighted by Crippen LogP contribution is 2.16. The number of nitrogens with zero attached hydrogens (tertiary/aromatic N) is 4. The Bertz CT molecular complexity index is 820. The first kappa shape index (κ1) is 17.3. The van der Waals surface area contributed by atoms with Crippen LogP contribution in [0.5, 0.6) is 0 Å². The Morgan fingerprint density at radius 1 is 1.16 bits per heavy atom. The maximum Gasteiger partial charge on any atom is 0.230 e. The molecular formula is C18H21N5OS. The van der Waals surface area contributed by atoms with Crippen molar-refractivity contribution in [3.63, 3.8) is 0 Å². The van der Waals surface area contributed by atoms with Gasteiger partial charge < -0.3 is 10.2 Å². The summed E-state index contributed by atoms with van der Waals surface area (Å²) in [5.41, 5.74) is 1.97. The predicted molar refractivity (Wildman–Crippen MR) is 101 cm³/mol. The minimum absolute atomic E-state index is 0.0139. The van der Waals surface area contributed by atoms with Crippen LogP contribution in [0.4, 0.5) is 5.69 Å². The number of hydrogen-bond donors (Lipinski definition) is 1. The first-order valence-electron chi connectivity index (χ1n) is 8.19. The van der Waals surface area contributed by atoms with Gasteiger partial charge in [-0.05, 0) is 30.7 Å². The third-order valence-corrected chi connectivity index (χ3v) is 4.75. The van der Waals surface area contributed by atoms with E-state index in [1.165, 1.54) is 17.4 Å². The summed E-state index contributed by atoms with van der Waals surface area (Å²) >= 11 is 1.39. The number of aromatic nitrogens is 3. The minimum Gasteiger partial charge on any atom is -0.375 e. The Morgan fingerprint density at radius 2 is 1.96 bits per heavy atom. The number of nitrogens with one attached hydrogen (secondary N) is 1. The van der Waals surface area contributed by atoms with Gasteiger partial charge in [-0.1, -0.05) is 36.0 Å². The van der Waals surface area contributed by atoms with Crippen LogP contribution in [0.25, 0.3) is 5.65 Å². The van der Waals surface area contributed by atoms with E-state index in [0.29, 0.717) is 12.3 Å². The van der Waals surface area contributed by atoms with E-state index in [2.05, 4.69) is 39.6 Å². The molecule has 0 aliphatic rings. The van der Waals surface area contributed by atoms with Crippen molar-refractivity contribution in [3.05, 3.63) is 54.7 Å². The molecule has 7 heteroatoms. The highest BCUT2D eigenvalue weighted by molar-refractivity contribution is 7.99. The number of amides is 1. The molecule has 6 nitrogen and oxygen atoms in total. The van der Waals surface area contributed by atoms with Gasteiger partial charge >= 0.3 is 0 Å². The lowest BCUT2D eigenvalue weighted by atomic mass is 10.3. The molecular weight excluding hydrogens is 334 g/mol. The van der Waals surface area contributed by atoms with Gasteiger partial charge in [0, 0.05) is 32.0 Å². The zero-order valence-electron chi connectivity index (χ0n) is 14.1. The number of carbonyl (C=O) groups is 1. The number of para-hydroxylation sites is 1. The Labute approximate surface area is 151 Å². The Kier molecular flexibility index (Phi) is 5.90. The third-order valence-electron chi connectivity index (χ3n) is 3.80. The average molecular weight is 355 g/mol. The fourth-order valence-electron chi connectivity index (χ4n) is 2.45. The van der Waals surface area contributed by atoms with Gasteiger partial charge in [0.15, 0.2) is 10.8 Å². The van der Waals surface area contributed by atoms with Gasteiger partial charge in [0.25, 0.3) is 0 Å². The molecule has 130 valence electrons. The minimum atomic E-state index is 0.0139. The molecule has 0 spiro atoms. The summed E-state index contributed by atoms with van der Waals surface area (Å²) in [7, 11) is 2.06. The van der Waals surface area contributed by atoms with E-state index in [0.717, 1.165) is 23.8 Å². The van der Waals surface area contributed by atoms with Crippen LogP contribution in [0.1, 0.15) is 6.42 Å². The third kappa shape index (κ3) is 4.73. The number of thioether (sulfide) groups is 1. The van der Waals surface area contributed by atoms with Gasteiger partial charge in [-0.3, -0.25) is 9.20 Å². The van der Waals surface area contributed by atoms with Crippen molar-refractivity contribution in [2.45, 2.75) is 11.6 Å². The molecule has 2 heterocycles. The highest BCUT2D eigenvalue weighted by Gasteiger charge is 2.08. The smallest absolute Gasteiger partial charge is 0.230 e. The topological polar surface area (TPSA) is 62.5 Å². The van der Waals surface area contributed by atoms with Gasteiger partial charge in [-0.15, -0.1) is 10.2 Å². The fourth-order valence-corrected chi connectivity index (χ4v) is 3.21. The van der Waals surface area contributed by atoms with E-state index in [1.54, 1.807) is 0 Å². The van der Waals surface area contributed by atoms with Crippen LogP contribution < -0.4 is 10.2 Å². The Balaban J connectivity index is 1.37. The summed E-state index contributed by atoms with van der Waals surface area (Å²) in [6.45, 7) is 1.56. The van der Waals surface area contributed by atoms with Crippen molar-refractivity contribution >= 4 is 29.0 Å². The number of rotatable bonds is 8. The van der Waals surface area contributed by atoms with E-state index in [1.807, 2.05) is 47.0 Å². The van der Waals surface area contributed by atoms with Crippen molar-refractivity contribution in [3.8, 4) is 0 Å². The lowest BCUT2D eigenvalue weighted by molar-refractivity contribution is -0.118. The normalized spacial score (nSPS) is 10.8. The first-order chi connectivity index (χ1) is 12.2. The number of benzene rings is 1. The second-order valence-corrected chi connectivity index (χ2v) is 6.60. The molecule has 0 atom stereocenters. The summed E-state index contributed by atoms with van der Waals surface area (Å²) in [6.07, 6.45) is 2.80. The van der Waals surface area contributed by atoms with E-state index in [9.17, 15) is 4.79 Å². The molecule has 25 heavy (non-hydrogen) atoms. The van der Waals surface area contributed by atoms with E-state index in [4.69, 9.17) is 0 Å². The van der Waals surface area contributed by atoms with Gasteiger partial charge in [-0.25, -0.2) is 0 Å². The molecule has 0 fully saturated rings. The molecule has 1 aromatic carbocycles. The molecule has 0 saturated carbocycles. The molecule has 2 aromatic heterocycles. The zero-order chi connectivity index (χ0) is 17.5. The summed E-state index contributed by atoms with van der Waals surface area (Å²) in [5, 5.41) is 11.9. The number of pyridine rings is 1. The maximum atomic E-state index is 12.0. The molecule has 1 N–H and O–H groups in total. The molecule has 0 radical (unpaired) electrons. The average Bonchev–Trinajstić information content (AvgIpc) is 3.07. The molecule has 3 rings (SSSR count). The summed E-state index contributed by atoms with van der Waals surface area (Å²) < 4.78 is 1.88. The number of fused-ring (bicyclic) bond motifs is 1. The standard InChI is InChI=1S/C18H21N5OS/c1-22(15-8-3-2-4-9-15)12-7-11-19-17(24)14-25-18-21-20-16-10-5-6-13-23(16)18/h2-6,8-10,13H,7,11-12,14H2,1H3,(H,19,24). The van der Waals surface area contributed by atoms with Crippen LogP contribution in [0.3, 0.4) is 0 Å².